The van der Waals surface area contributed by atoms with Crippen molar-refractivity contribution in [2.24, 2.45) is 0 Å². The molecular weight excluding hydrogens is 224 g/mol. The molecular formula is C14H26N4. The highest BCUT2D eigenvalue weighted by Crippen LogP contribution is 2.10. The zero-order valence-electron chi connectivity index (χ0n) is 11.9. The predicted octanol–water partition coefficient (Wildman–Crippen LogP) is 3.60. The van der Waals surface area contributed by atoms with E-state index in [0.717, 1.165) is 37.0 Å². The molecule has 0 aromatic carbocycles. The lowest BCUT2D eigenvalue weighted by Crippen LogP contribution is -2.09. The fourth-order valence-corrected chi connectivity index (χ4v) is 1.74. The van der Waals surface area contributed by atoms with Crippen LogP contribution < -0.4 is 10.6 Å². The average molecular weight is 250 g/mol. The molecule has 4 nitrogen and oxygen atoms in total. The van der Waals surface area contributed by atoms with Crippen molar-refractivity contribution >= 4 is 11.8 Å². The minimum Gasteiger partial charge on any atom is -0.370 e. The topological polar surface area (TPSA) is 49.8 Å². The van der Waals surface area contributed by atoms with Crippen molar-refractivity contribution in [3.8, 4) is 0 Å². The fourth-order valence-electron chi connectivity index (χ4n) is 1.74. The monoisotopic (exact) mass is 250 g/mol. The smallest absolute Gasteiger partial charge is 0.224 e. The van der Waals surface area contributed by atoms with Crippen molar-refractivity contribution < 1.29 is 0 Å². The molecule has 0 bridgehead atoms. The van der Waals surface area contributed by atoms with Gasteiger partial charge in [0, 0.05) is 24.8 Å². The average Bonchev–Trinajstić information content (AvgIpc) is 2.35. The number of rotatable bonds is 9. The molecule has 0 aliphatic rings. The Kier molecular flexibility index (Phi) is 7.14. The van der Waals surface area contributed by atoms with E-state index in [1.165, 1.54) is 25.7 Å². The van der Waals surface area contributed by atoms with Crippen LogP contribution in [0.1, 0.15) is 51.6 Å². The summed E-state index contributed by atoms with van der Waals surface area (Å²) in [5, 5.41) is 6.59. The Labute approximate surface area is 111 Å². The van der Waals surface area contributed by atoms with E-state index in [-0.39, 0.29) is 0 Å². The Bertz CT molecular complexity index is 339. The van der Waals surface area contributed by atoms with E-state index in [2.05, 4.69) is 34.4 Å². The normalized spacial score (nSPS) is 10.4. The van der Waals surface area contributed by atoms with Gasteiger partial charge in [-0.25, -0.2) is 4.98 Å². The van der Waals surface area contributed by atoms with Gasteiger partial charge < -0.3 is 10.6 Å². The first kappa shape index (κ1) is 14.7. The number of hydrogen-bond acceptors (Lipinski definition) is 4. The summed E-state index contributed by atoms with van der Waals surface area (Å²) in [5.74, 6) is 1.66. The third-order valence-corrected chi connectivity index (χ3v) is 2.72. The van der Waals surface area contributed by atoms with E-state index in [0.29, 0.717) is 0 Å². The van der Waals surface area contributed by atoms with Crippen LogP contribution in [0.15, 0.2) is 6.07 Å². The lowest BCUT2D eigenvalue weighted by atomic mass is 10.2. The molecule has 0 atom stereocenters. The number of unbranched alkanes of at least 4 members (excludes halogenated alkanes) is 3. The molecule has 0 amide bonds. The van der Waals surface area contributed by atoms with Crippen LogP contribution in [0.3, 0.4) is 0 Å². The Balaban J connectivity index is 2.41. The summed E-state index contributed by atoms with van der Waals surface area (Å²) < 4.78 is 0. The number of aryl methyl sites for hydroxylation is 1. The second kappa shape index (κ2) is 8.72. The summed E-state index contributed by atoms with van der Waals surface area (Å²) in [7, 11) is 0. The van der Waals surface area contributed by atoms with E-state index in [1.807, 2.05) is 13.0 Å². The van der Waals surface area contributed by atoms with Crippen molar-refractivity contribution in [1.82, 2.24) is 9.97 Å². The second-order valence-corrected chi connectivity index (χ2v) is 4.63. The zero-order valence-corrected chi connectivity index (χ0v) is 11.9. The maximum absolute atomic E-state index is 4.46. The van der Waals surface area contributed by atoms with Crippen LogP contribution in [0.2, 0.25) is 0 Å². The molecule has 0 saturated heterocycles. The van der Waals surface area contributed by atoms with Crippen LogP contribution in [0.25, 0.3) is 0 Å². The number of aromatic nitrogens is 2. The van der Waals surface area contributed by atoms with Gasteiger partial charge in [-0.1, -0.05) is 33.1 Å². The molecule has 0 aliphatic carbocycles. The van der Waals surface area contributed by atoms with Crippen LogP contribution >= 0.6 is 0 Å². The van der Waals surface area contributed by atoms with Crippen molar-refractivity contribution in [3.63, 3.8) is 0 Å². The summed E-state index contributed by atoms with van der Waals surface area (Å²) in [6.07, 6.45) is 6.16. The molecule has 102 valence electrons. The third kappa shape index (κ3) is 5.84. The van der Waals surface area contributed by atoms with Crippen molar-refractivity contribution in [3.05, 3.63) is 11.8 Å². The Hall–Kier alpha value is -1.32. The summed E-state index contributed by atoms with van der Waals surface area (Å²) in [4.78, 5) is 8.82. The van der Waals surface area contributed by atoms with Crippen molar-refractivity contribution in [2.45, 2.75) is 52.9 Å². The number of hydrogen-bond donors (Lipinski definition) is 2. The third-order valence-electron chi connectivity index (χ3n) is 2.72. The number of nitrogens with zero attached hydrogens (tertiary/aromatic N) is 2. The maximum atomic E-state index is 4.46. The Morgan fingerprint density at radius 1 is 0.944 bits per heavy atom. The molecule has 0 fully saturated rings. The van der Waals surface area contributed by atoms with Gasteiger partial charge in [-0.2, -0.15) is 4.98 Å². The van der Waals surface area contributed by atoms with E-state index in [4.69, 9.17) is 0 Å². The molecule has 1 rings (SSSR count). The van der Waals surface area contributed by atoms with Gasteiger partial charge in [-0.05, 0) is 19.8 Å². The largest absolute Gasteiger partial charge is 0.370 e. The predicted molar refractivity (Wildman–Crippen MR) is 78.2 cm³/mol. The molecule has 1 heterocycles. The summed E-state index contributed by atoms with van der Waals surface area (Å²) in [6.45, 7) is 8.27. The Morgan fingerprint density at radius 3 is 2.50 bits per heavy atom. The molecule has 4 heteroatoms. The molecule has 0 saturated carbocycles. The molecule has 18 heavy (non-hydrogen) atoms. The number of anilines is 2. The van der Waals surface area contributed by atoms with Crippen LogP contribution in [0.4, 0.5) is 11.8 Å². The van der Waals surface area contributed by atoms with Gasteiger partial charge in [-0.3, -0.25) is 0 Å². The molecule has 1 aromatic heterocycles. The molecule has 0 radical (unpaired) electrons. The lowest BCUT2D eigenvalue weighted by molar-refractivity contribution is 0.684. The highest BCUT2D eigenvalue weighted by molar-refractivity contribution is 5.41. The van der Waals surface area contributed by atoms with Gasteiger partial charge in [0.1, 0.15) is 5.82 Å². The Morgan fingerprint density at radius 2 is 1.78 bits per heavy atom. The van der Waals surface area contributed by atoms with E-state index in [9.17, 15) is 0 Å². The van der Waals surface area contributed by atoms with Crippen molar-refractivity contribution in [2.75, 3.05) is 23.7 Å². The van der Waals surface area contributed by atoms with Gasteiger partial charge in [0.2, 0.25) is 5.95 Å². The SMILES string of the molecule is CCCCCCNc1cc(C)nc(NCCC)n1. The molecule has 0 unspecified atom stereocenters. The van der Waals surface area contributed by atoms with Crippen LogP contribution in [0.5, 0.6) is 0 Å². The van der Waals surface area contributed by atoms with Gasteiger partial charge in [0.05, 0.1) is 0 Å². The fraction of sp³-hybridized carbons (Fsp3) is 0.714. The molecule has 2 N–H and O–H groups in total. The highest BCUT2D eigenvalue weighted by atomic mass is 15.1. The second-order valence-electron chi connectivity index (χ2n) is 4.63. The summed E-state index contributed by atoms with van der Waals surface area (Å²) in [5.41, 5.74) is 1.000. The quantitative estimate of drug-likeness (QED) is 0.657. The minimum atomic E-state index is 0.730. The van der Waals surface area contributed by atoms with E-state index >= 15 is 0 Å². The van der Waals surface area contributed by atoms with E-state index in [1.54, 1.807) is 0 Å². The van der Waals surface area contributed by atoms with Crippen LogP contribution in [0, 0.1) is 6.92 Å². The van der Waals surface area contributed by atoms with Gasteiger partial charge in [-0.15, -0.1) is 0 Å². The molecule has 0 aliphatic heterocycles. The van der Waals surface area contributed by atoms with Crippen LogP contribution in [-0.4, -0.2) is 23.1 Å². The van der Waals surface area contributed by atoms with E-state index < -0.39 is 0 Å². The molecule has 1 aromatic rings. The number of nitrogens with one attached hydrogen (secondary N) is 2. The lowest BCUT2D eigenvalue weighted by Gasteiger charge is -2.09. The van der Waals surface area contributed by atoms with Gasteiger partial charge in [0.15, 0.2) is 0 Å². The molecule has 0 spiro atoms. The maximum Gasteiger partial charge on any atom is 0.224 e. The summed E-state index contributed by atoms with van der Waals surface area (Å²) in [6, 6.07) is 2.00. The zero-order chi connectivity index (χ0) is 13.2. The first-order valence-corrected chi connectivity index (χ1v) is 7.09. The first-order chi connectivity index (χ1) is 8.76. The minimum absolute atomic E-state index is 0.730. The summed E-state index contributed by atoms with van der Waals surface area (Å²) >= 11 is 0. The standard InChI is InChI=1S/C14H26N4/c1-4-6-7-8-10-15-13-11-12(3)17-14(18-13)16-9-5-2/h11H,4-10H2,1-3H3,(H2,15,16,17,18). The van der Waals surface area contributed by atoms with Gasteiger partial charge in [0.25, 0.3) is 0 Å². The first-order valence-electron chi connectivity index (χ1n) is 7.09. The highest BCUT2D eigenvalue weighted by Gasteiger charge is 2.00. The van der Waals surface area contributed by atoms with Crippen molar-refractivity contribution in [1.29, 1.82) is 0 Å². The van der Waals surface area contributed by atoms with Gasteiger partial charge >= 0.3 is 0 Å². The van der Waals surface area contributed by atoms with Crippen LogP contribution in [-0.2, 0) is 0 Å².